The molecule has 6 aromatic rings. The van der Waals surface area contributed by atoms with Crippen molar-refractivity contribution < 1.29 is 9.84 Å². The van der Waals surface area contributed by atoms with E-state index in [-0.39, 0.29) is 16.6 Å². The summed E-state index contributed by atoms with van der Waals surface area (Å²) < 4.78 is 9.05. The highest BCUT2D eigenvalue weighted by Gasteiger charge is 2.07. The van der Waals surface area contributed by atoms with E-state index in [1.807, 2.05) is 60.7 Å². The number of methoxy groups -OCH3 is 1. The minimum Gasteiger partial charge on any atom is -0.508 e. The molecule has 0 atom stereocenters. The summed E-state index contributed by atoms with van der Waals surface area (Å²) in [5, 5.41) is 12.2. The molecule has 0 bridgehead atoms. The van der Waals surface area contributed by atoms with E-state index in [1.54, 1.807) is 48.0 Å². The number of hydrogen-bond donors (Lipinski definition) is 1. The van der Waals surface area contributed by atoms with Crippen LogP contribution in [0.25, 0.3) is 40.3 Å². The van der Waals surface area contributed by atoms with Gasteiger partial charge in [0, 0.05) is 40.3 Å². The van der Waals surface area contributed by atoms with Gasteiger partial charge in [-0.1, -0.05) is 24.3 Å². The number of fused-ring (bicyclic) bond motifs is 4. The molecule has 6 heteroatoms. The van der Waals surface area contributed by atoms with Gasteiger partial charge in [-0.15, -0.1) is 22.7 Å². The third kappa shape index (κ3) is 3.95. The molecule has 4 nitrogen and oxygen atoms in total. The molecule has 2 aromatic heterocycles. The summed E-state index contributed by atoms with van der Waals surface area (Å²) in [5.74, 6) is 0.851. The van der Waals surface area contributed by atoms with Crippen LogP contribution in [0.15, 0.2) is 94.5 Å². The highest BCUT2D eigenvalue weighted by atomic mass is 32.1. The van der Waals surface area contributed by atoms with Crippen LogP contribution < -0.4 is 15.6 Å². The van der Waals surface area contributed by atoms with Crippen molar-refractivity contribution in [2.75, 3.05) is 7.11 Å². The van der Waals surface area contributed by atoms with Crippen LogP contribution in [-0.2, 0) is 0 Å². The number of phenolic OH excluding ortho intramolecular Hbond substituents is 1. The average molecular weight is 471 g/mol. The van der Waals surface area contributed by atoms with Gasteiger partial charge >= 0.3 is 0 Å². The van der Waals surface area contributed by atoms with Crippen molar-refractivity contribution in [1.29, 1.82) is 0 Å². The number of aromatic hydroxyl groups is 1. The van der Waals surface area contributed by atoms with Crippen LogP contribution in [0.1, 0.15) is 0 Å². The number of benzene rings is 4. The Balaban J connectivity index is 0.000000139. The molecule has 4 aromatic carbocycles. The van der Waals surface area contributed by atoms with Crippen molar-refractivity contribution in [3.8, 4) is 11.5 Å². The molecule has 0 amide bonds. The fraction of sp³-hybridized carbons (Fsp3) is 0.0370. The molecule has 2 heterocycles. The number of hydrogen-bond acceptors (Lipinski definition) is 6. The Morgan fingerprint density at radius 2 is 1.09 bits per heavy atom. The van der Waals surface area contributed by atoms with Crippen molar-refractivity contribution in [3.63, 3.8) is 0 Å². The minimum atomic E-state index is -0.0137. The number of ether oxygens (including phenoxy) is 1. The lowest BCUT2D eigenvalue weighted by Crippen LogP contribution is -2.00. The molecule has 0 aliphatic rings. The normalized spacial score (nSPS) is 10.9. The second-order valence-corrected chi connectivity index (χ2v) is 9.56. The largest absolute Gasteiger partial charge is 0.508 e. The quantitative estimate of drug-likeness (QED) is 0.277. The Hall–Kier alpha value is -3.74. The van der Waals surface area contributed by atoms with Gasteiger partial charge in [-0.05, 0) is 60.7 Å². The summed E-state index contributed by atoms with van der Waals surface area (Å²) in [7, 11) is 1.61. The average Bonchev–Trinajstić information content (AvgIpc) is 2.85. The third-order valence-corrected chi connectivity index (χ3v) is 7.65. The van der Waals surface area contributed by atoms with Crippen LogP contribution in [0, 0.1) is 0 Å². The molecule has 0 saturated heterocycles. The van der Waals surface area contributed by atoms with Gasteiger partial charge in [0.2, 0.25) is 0 Å². The van der Waals surface area contributed by atoms with Crippen molar-refractivity contribution in [1.82, 2.24) is 0 Å². The standard InChI is InChI=1S/C14H10O2S.C13H8O2S/c1-16-9-6-7-13-11(8-9)14(15)10-4-2-3-5-12(10)17-13;14-8-5-6-12-10(7-8)13(15)9-3-1-2-4-11(9)16-12/h2-8H,1H3;1-7,14H. The van der Waals surface area contributed by atoms with Crippen LogP contribution in [0.5, 0.6) is 11.5 Å². The third-order valence-electron chi connectivity index (χ3n) is 5.34. The monoisotopic (exact) mass is 470 g/mol. The second kappa shape index (κ2) is 8.65. The molecule has 0 saturated carbocycles. The summed E-state index contributed by atoms with van der Waals surface area (Å²) in [6.07, 6.45) is 0. The Bertz CT molecular complexity index is 1770. The Kier molecular flexibility index (Phi) is 5.54. The van der Waals surface area contributed by atoms with E-state index >= 15 is 0 Å². The van der Waals surface area contributed by atoms with E-state index in [4.69, 9.17) is 4.74 Å². The molecule has 0 aliphatic carbocycles. The Labute approximate surface area is 196 Å². The zero-order valence-electron chi connectivity index (χ0n) is 17.6. The molecular weight excluding hydrogens is 452 g/mol. The first-order chi connectivity index (χ1) is 16.0. The summed E-state index contributed by atoms with van der Waals surface area (Å²) in [6.45, 7) is 0. The molecule has 6 rings (SSSR count). The first-order valence-corrected chi connectivity index (χ1v) is 11.8. The van der Waals surface area contributed by atoms with Gasteiger partial charge in [0.1, 0.15) is 11.5 Å². The SMILES string of the molecule is COc1ccc2sc3ccccc3c(=O)c2c1.O=c1c2ccccc2sc2ccc(O)cc12. The summed E-state index contributed by atoms with van der Waals surface area (Å²) >= 11 is 3.19. The van der Waals surface area contributed by atoms with Crippen LogP contribution in [-0.4, -0.2) is 12.2 Å². The van der Waals surface area contributed by atoms with E-state index in [1.165, 1.54) is 6.07 Å². The van der Waals surface area contributed by atoms with Crippen LogP contribution in [0.3, 0.4) is 0 Å². The smallest absolute Gasteiger partial charge is 0.196 e. The highest BCUT2D eigenvalue weighted by Crippen LogP contribution is 2.28. The maximum atomic E-state index is 12.3. The predicted molar refractivity (Wildman–Crippen MR) is 139 cm³/mol. The molecule has 1 N–H and O–H groups in total. The van der Waals surface area contributed by atoms with Gasteiger partial charge in [0.15, 0.2) is 10.9 Å². The van der Waals surface area contributed by atoms with Crippen LogP contribution >= 0.6 is 22.7 Å². The molecular formula is C27H18O4S2. The van der Waals surface area contributed by atoms with Crippen LogP contribution in [0.2, 0.25) is 0 Å². The van der Waals surface area contributed by atoms with Gasteiger partial charge in [-0.25, -0.2) is 0 Å². The lowest BCUT2D eigenvalue weighted by atomic mass is 10.2. The Morgan fingerprint density at radius 3 is 1.67 bits per heavy atom. The molecule has 0 unspecified atom stereocenters. The zero-order valence-corrected chi connectivity index (χ0v) is 19.2. The molecule has 33 heavy (non-hydrogen) atoms. The summed E-state index contributed by atoms with van der Waals surface area (Å²) in [4.78, 5) is 24.4. The first kappa shape index (κ1) is 21.1. The van der Waals surface area contributed by atoms with Gasteiger partial charge in [-0.3, -0.25) is 9.59 Å². The van der Waals surface area contributed by atoms with Crippen molar-refractivity contribution >= 4 is 63.0 Å². The molecule has 162 valence electrons. The van der Waals surface area contributed by atoms with Gasteiger partial charge in [-0.2, -0.15) is 0 Å². The number of rotatable bonds is 1. The van der Waals surface area contributed by atoms with Gasteiger partial charge in [0.25, 0.3) is 0 Å². The van der Waals surface area contributed by atoms with Crippen molar-refractivity contribution in [2.24, 2.45) is 0 Å². The maximum absolute atomic E-state index is 12.3. The van der Waals surface area contributed by atoms with Crippen molar-refractivity contribution in [2.45, 2.75) is 0 Å². The topological polar surface area (TPSA) is 63.6 Å². The lowest BCUT2D eigenvalue weighted by molar-refractivity contribution is 0.415. The zero-order chi connectivity index (χ0) is 22.9. The highest BCUT2D eigenvalue weighted by molar-refractivity contribution is 7.24. The maximum Gasteiger partial charge on any atom is 0.196 e. The van der Waals surface area contributed by atoms with E-state index in [0.717, 1.165) is 35.3 Å². The second-order valence-electron chi connectivity index (χ2n) is 7.40. The van der Waals surface area contributed by atoms with E-state index in [2.05, 4.69) is 0 Å². The molecule has 0 spiro atoms. The van der Waals surface area contributed by atoms with E-state index in [9.17, 15) is 14.7 Å². The fourth-order valence-corrected chi connectivity index (χ4v) is 5.80. The molecule has 0 fully saturated rings. The Morgan fingerprint density at radius 1 is 0.606 bits per heavy atom. The predicted octanol–water partition coefficient (Wildman–Crippen LogP) is 6.54. The lowest BCUT2D eigenvalue weighted by Gasteiger charge is -2.03. The van der Waals surface area contributed by atoms with Gasteiger partial charge in [0.05, 0.1) is 7.11 Å². The molecule has 0 aliphatic heterocycles. The van der Waals surface area contributed by atoms with E-state index in [0.29, 0.717) is 10.8 Å². The fourth-order valence-electron chi connectivity index (χ4n) is 3.70. The van der Waals surface area contributed by atoms with Crippen molar-refractivity contribution in [3.05, 3.63) is 105 Å². The van der Waals surface area contributed by atoms with Gasteiger partial charge < -0.3 is 9.84 Å². The first-order valence-electron chi connectivity index (χ1n) is 10.2. The summed E-state index contributed by atoms with van der Waals surface area (Å²) in [5.41, 5.74) is 0.0634. The summed E-state index contributed by atoms with van der Waals surface area (Å²) in [6, 6.07) is 25.8. The van der Waals surface area contributed by atoms with Crippen LogP contribution in [0.4, 0.5) is 0 Å². The van der Waals surface area contributed by atoms with E-state index < -0.39 is 0 Å². The number of phenols is 1. The molecule has 0 radical (unpaired) electrons. The minimum absolute atomic E-state index is 0.0137.